The second-order valence-corrected chi connectivity index (χ2v) is 7.41. The van der Waals surface area contributed by atoms with E-state index in [0.717, 1.165) is 0 Å². The Morgan fingerprint density at radius 1 is 1.06 bits per heavy atom. The highest BCUT2D eigenvalue weighted by molar-refractivity contribution is 6.10. The van der Waals surface area contributed by atoms with E-state index in [1.165, 1.54) is 19.1 Å². The highest BCUT2D eigenvalue weighted by Gasteiger charge is 2.31. The molecule has 0 aromatic heterocycles. The predicted molar refractivity (Wildman–Crippen MR) is 118 cm³/mol. The highest BCUT2D eigenvalue weighted by atomic mass is 16.5. The summed E-state index contributed by atoms with van der Waals surface area (Å²) in [6, 6.07) is 10.6. The van der Waals surface area contributed by atoms with Gasteiger partial charge in [-0.1, -0.05) is 26.0 Å². The first kappa shape index (κ1) is 21.9. The van der Waals surface area contributed by atoms with Gasteiger partial charge in [-0.3, -0.25) is 14.5 Å². The van der Waals surface area contributed by atoms with Crippen molar-refractivity contribution in [3.05, 3.63) is 42.5 Å². The number of nitrogens with one attached hydrogen (secondary N) is 3. The zero-order chi connectivity index (χ0) is 22.5. The number of nitrogens with zero attached hydrogens (tertiary/aromatic N) is 1. The van der Waals surface area contributed by atoms with Crippen LogP contribution in [-0.4, -0.2) is 44.7 Å². The Labute approximate surface area is 180 Å². The molecule has 4 amide bonds. The van der Waals surface area contributed by atoms with E-state index < -0.39 is 18.0 Å². The first-order valence-electron chi connectivity index (χ1n) is 9.83. The lowest BCUT2D eigenvalue weighted by Crippen LogP contribution is -2.54. The maximum absolute atomic E-state index is 13.0. The molecule has 1 heterocycles. The number of carbonyl (C=O) groups is 3. The van der Waals surface area contributed by atoms with Gasteiger partial charge in [0.25, 0.3) is 0 Å². The maximum Gasteiger partial charge on any atom is 0.323 e. The Morgan fingerprint density at radius 2 is 1.71 bits per heavy atom. The number of benzene rings is 2. The molecule has 31 heavy (non-hydrogen) atoms. The van der Waals surface area contributed by atoms with Crippen LogP contribution in [0, 0.1) is 5.92 Å². The molecule has 2 aromatic carbocycles. The Morgan fingerprint density at radius 3 is 2.32 bits per heavy atom. The number of rotatable bonds is 6. The topological polar surface area (TPSA) is 109 Å². The molecule has 0 radical (unpaired) electrons. The Bertz CT molecular complexity index is 969. The Balaban J connectivity index is 1.78. The third kappa shape index (κ3) is 5.06. The fourth-order valence-corrected chi connectivity index (χ4v) is 3.26. The molecule has 0 fully saturated rings. The monoisotopic (exact) mass is 426 g/mol. The van der Waals surface area contributed by atoms with Gasteiger partial charge in [0.2, 0.25) is 11.8 Å². The largest absolute Gasteiger partial charge is 0.497 e. The van der Waals surface area contributed by atoms with Crippen molar-refractivity contribution in [3.8, 4) is 11.5 Å². The van der Waals surface area contributed by atoms with Crippen LogP contribution in [0.5, 0.6) is 11.5 Å². The molecule has 3 N–H and O–H groups in total. The average Bonchev–Trinajstić information content (AvgIpc) is 2.75. The van der Waals surface area contributed by atoms with Gasteiger partial charge in [-0.15, -0.1) is 0 Å². The minimum absolute atomic E-state index is 0.137. The van der Waals surface area contributed by atoms with Gasteiger partial charge >= 0.3 is 6.03 Å². The summed E-state index contributed by atoms with van der Waals surface area (Å²) >= 11 is 0. The van der Waals surface area contributed by atoms with Gasteiger partial charge in [-0.25, -0.2) is 4.79 Å². The fraction of sp³-hybridized carbons (Fsp3) is 0.318. The third-order valence-corrected chi connectivity index (χ3v) is 4.86. The summed E-state index contributed by atoms with van der Waals surface area (Å²) in [5, 5.41) is 8.29. The van der Waals surface area contributed by atoms with E-state index in [-0.39, 0.29) is 18.4 Å². The second kappa shape index (κ2) is 9.38. The molecule has 0 saturated heterocycles. The summed E-state index contributed by atoms with van der Waals surface area (Å²) < 4.78 is 10.5. The third-order valence-electron chi connectivity index (χ3n) is 4.86. The number of fused-ring (bicyclic) bond motifs is 1. The minimum Gasteiger partial charge on any atom is -0.497 e. The van der Waals surface area contributed by atoms with Crippen LogP contribution >= 0.6 is 0 Å². The first-order valence-corrected chi connectivity index (χ1v) is 9.83. The zero-order valence-corrected chi connectivity index (χ0v) is 17.9. The van der Waals surface area contributed by atoms with Gasteiger partial charge in [0, 0.05) is 23.9 Å². The van der Waals surface area contributed by atoms with Crippen molar-refractivity contribution in [1.82, 2.24) is 5.32 Å². The van der Waals surface area contributed by atoms with Gasteiger partial charge in [-0.05, 0) is 18.1 Å². The van der Waals surface area contributed by atoms with Crippen LogP contribution in [0.3, 0.4) is 0 Å². The minimum atomic E-state index is -0.832. The lowest BCUT2D eigenvalue weighted by Gasteiger charge is -2.31. The van der Waals surface area contributed by atoms with Crippen molar-refractivity contribution >= 4 is 34.9 Å². The summed E-state index contributed by atoms with van der Waals surface area (Å²) in [5.74, 6) is 0.146. The van der Waals surface area contributed by atoms with E-state index in [1.807, 2.05) is 13.8 Å². The molecule has 0 spiro atoms. The number of anilines is 3. The smallest absolute Gasteiger partial charge is 0.323 e. The summed E-state index contributed by atoms with van der Waals surface area (Å²) in [4.78, 5) is 39.3. The molecule has 9 nitrogen and oxygen atoms in total. The summed E-state index contributed by atoms with van der Waals surface area (Å²) in [5.41, 5.74) is 1.59. The SMILES string of the molecule is COc1cc(NC(=O)[C@@H](NC(=O)N2CC(=O)Nc3ccccc32)C(C)C)cc(OC)c1. The number of hydrogen-bond acceptors (Lipinski definition) is 5. The average molecular weight is 426 g/mol. The van der Waals surface area contributed by atoms with Crippen LogP contribution in [0.4, 0.5) is 21.9 Å². The number of carbonyl (C=O) groups excluding carboxylic acids is 3. The molecule has 0 unspecified atom stereocenters. The van der Waals surface area contributed by atoms with E-state index >= 15 is 0 Å². The van der Waals surface area contributed by atoms with Crippen molar-refractivity contribution in [1.29, 1.82) is 0 Å². The maximum atomic E-state index is 13.0. The van der Waals surface area contributed by atoms with Crippen LogP contribution in [0.15, 0.2) is 42.5 Å². The number of hydrogen-bond donors (Lipinski definition) is 3. The molecule has 2 aromatic rings. The molecule has 3 rings (SSSR count). The molecule has 0 bridgehead atoms. The van der Waals surface area contributed by atoms with E-state index in [2.05, 4.69) is 16.0 Å². The van der Waals surface area contributed by atoms with Crippen LogP contribution in [0.1, 0.15) is 13.8 Å². The number of amides is 4. The standard InChI is InChI=1S/C22H26N4O5/c1-13(2)20(21(28)23-14-9-15(30-3)11-16(10-14)31-4)25-22(29)26-12-19(27)24-17-7-5-6-8-18(17)26/h5-11,13,20H,12H2,1-4H3,(H,23,28)(H,24,27)(H,25,29)/t20-/m0/s1. The normalized spacial score (nSPS) is 13.7. The van der Waals surface area contributed by atoms with Crippen molar-refractivity contribution in [2.75, 3.05) is 36.3 Å². The molecule has 0 saturated carbocycles. The lowest BCUT2D eigenvalue weighted by molar-refractivity contribution is -0.118. The van der Waals surface area contributed by atoms with Crippen molar-refractivity contribution < 1.29 is 23.9 Å². The van der Waals surface area contributed by atoms with E-state index in [0.29, 0.717) is 28.6 Å². The molecule has 1 aliphatic rings. The quantitative estimate of drug-likeness (QED) is 0.658. The van der Waals surface area contributed by atoms with Gasteiger partial charge in [0.1, 0.15) is 24.1 Å². The number of para-hydroxylation sites is 2. The van der Waals surface area contributed by atoms with Crippen LogP contribution in [0.25, 0.3) is 0 Å². The Hall–Kier alpha value is -3.75. The summed E-state index contributed by atoms with van der Waals surface area (Å²) in [7, 11) is 3.04. The first-order chi connectivity index (χ1) is 14.8. The van der Waals surface area contributed by atoms with Gasteiger partial charge < -0.3 is 25.4 Å². The molecule has 9 heteroatoms. The molecule has 1 aliphatic heterocycles. The molecular weight excluding hydrogens is 400 g/mol. The lowest BCUT2D eigenvalue weighted by atomic mass is 10.0. The van der Waals surface area contributed by atoms with Gasteiger partial charge in [-0.2, -0.15) is 0 Å². The molecule has 1 atom stereocenters. The Kier molecular flexibility index (Phi) is 6.64. The summed E-state index contributed by atoms with van der Waals surface area (Å²) in [6.45, 7) is 3.52. The van der Waals surface area contributed by atoms with Crippen molar-refractivity contribution in [2.24, 2.45) is 5.92 Å². The van der Waals surface area contributed by atoms with Gasteiger partial charge in [0.05, 0.1) is 25.6 Å². The van der Waals surface area contributed by atoms with Crippen LogP contribution in [-0.2, 0) is 9.59 Å². The van der Waals surface area contributed by atoms with Crippen molar-refractivity contribution in [3.63, 3.8) is 0 Å². The van der Waals surface area contributed by atoms with E-state index in [1.54, 1.807) is 42.5 Å². The number of urea groups is 1. The van der Waals surface area contributed by atoms with E-state index in [9.17, 15) is 14.4 Å². The fourth-order valence-electron chi connectivity index (χ4n) is 3.26. The predicted octanol–water partition coefficient (Wildman–Crippen LogP) is 2.84. The van der Waals surface area contributed by atoms with Crippen LogP contribution in [0.2, 0.25) is 0 Å². The highest BCUT2D eigenvalue weighted by Crippen LogP contribution is 2.29. The van der Waals surface area contributed by atoms with Crippen LogP contribution < -0.4 is 30.3 Å². The molecular formula is C22H26N4O5. The summed E-state index contributed by atoms with van der Waals surface area (Å²) in [6.07, 6.45) is 0. The molecule has 0 aliphatic carbocycles. The number of ether oxygens (including phenoxy) is 2. The van der Waals surface area contributed by atoms with Crippen molar-refractivity contribution in [2.45, 2.75) is 19.9 Å². The molecule has 164 valence electrons. The van der Waals surface area contributed by atoms with Gasteiger partial charge in [0.15, 0.2) is 0 Å². The zero-order valence-electron chi connectivity index (χ0n) is 17.9. The second-order valence-electron chi connectivity index (χ2n) is 7.41. The van der Waals surface area contributed by atoms with E-state index in [4.69, 9.17) is 9.47 Å². The number of methoxy groups -OCH3 is 2.